The molecule has 0 saturated carbocycles. The summed E-state index contributed by atoms with van der Waals surface area (Å²) in [4.78, 5) is 21.6. The Hall–Kier alpha value is -2.02. The number of fused-ring (bicyclic) bond motifs is 1. The zero-order valence-electron chi connectivity index (χ0n) is 16.2. The van der Waals surface area contributed by atoms with Gasteiger partial charge in [-0.3, -0.25) is 9.78 Å². The minimum Gasteiger partial charge on any atom is -0.396 e. The average Bonchev–Trinajstić information content (AvgIpc) is 2.71. The minimum atomic E-state index is -0.00375. The maximum atomic E-state index is 13.1. The Morgan fingerprint density at radius 3 is 2.89 bits per heavy atom. The monoisotopic (exact) mass is 371 g/mol. The van der Waals surface area contributed by atoms with Gasteiger partial charge in [0.25, 0.3) is 5.91 Å². The molecule has 1 aromatic carbocycles. The van der Waals surface area contributed by atoms with Crippen molar-refractivity contribution in [1.82, 2.24) is 14.8 Å². The van der Waals surface area contributed by atoms with Gasteiger partial charge < -0.3 is 19.6 Å². The highest BCUT2D eigenvalue weighted by molar-refractivity contribution is 5.97. The lowest BCUT2D eigenvalue weighted by Gasteiger charge is -2.38. The fourth-order valence-corrected chi connectivity index (χ4v) is 3.90. The fraction of sp³-hybridized carbons (Fsp3) is 0.524. The molecule has 1 N–H and O–H groups in total. The van der Waals surface area contributed by atoms with Crippen molar-refractivity contribution in [2.24, 2.45) is 11.8 Å². The number of methoxy groups -OCH3 is 1. The lowest BCUT2D eigenvalue weighted by Crippen LogP contribution is -2.47. The molecule has 0 bridgehead atoms. The Labute approximate surface area is 160 Å². The van der Waals surface area contributed by atoms with Gasteiger partial charge in [0, 0.05) is 51.5 Å². The maximum Gasteiger partial charge on any atom is 0.255 e. The number of aliphatic hydroxyl groups is 1. The topological polar surface area (TPSA) is 65.9 Å². The summed E-state index contributed by atoms with van der Waals surface area (Å²) in [6, 6.07) is 9.72. The van der Waals surface area contributed by atoms with Crippen LogP contribution in [0.4, 0.5) is 0 Å². The van der Waals surface area contributed by atoms with Crippen molar-refractivity contribution >= 4 is 16.8 Å². The normalized spacial score (nSPS) is 20.4. The second-order valence-corrected chi connectivity index (χ2v) is 7.53. The van der Waals surface area contributed by atoms with Crippen molar-refractivity contribution in [2.75, 3.05) is 53.6 Å². The number of piperidine rings is 1. The van der Waals surface area contributed by atoms with Gasteiger partial charge in [-0.2, -0.15) is 0 Å². The highest BCUT2D eigenvalue weighted by atomic mass is 16.5. The molecule has 0 radical (unpaired) electrons. The highest BCUT2D eigenvalue weighted by Gasteiger charge is 2.31. The van der Waals surface area contributed by atoms with Crippen LogP contribution in [0.25, 0.3) is 10.9 Å². The lowest BCUT2D eigenvalue weighted by atomic mass is 9.89. The number of carbonyl (C=O) groups excluding carboxylic acids is 1. The van der Waals surface area contributed by atoms with Crippen LogP contribution in [0.2, 0.25) is 0 Å². The molecule has 0 spiro atoms. The third kappa shape index (κ3) is 5.03. The zero-order chi connectivity index (χ0) is 19.2. The molecular formula is C21H29N3O3. The molecule has 1 aromatic heterocycles. The van der Waals surface area contributed by atoms with Crippen molar-refractivity contribution in [3.8, 4) is 0 Å². The number of aliphatic hydroxyl groups excluding tert-OH is 1. The van der Waals surface area contributed by atoms with E-state index < -0.39 is 0 Å². The number of para-hydroxylation sites is 1. The van der Waals surface area contributed by atoms with E-state index in [2.05, 4.69) is 16.9 Å². The van der Waals surface area contributed by atoms with Crippen LogP contribution in [0.15, 0.2) is 36.5 Å². The SMILES string of the molecule is COCCN(C)C[C@H]1C[C@@H](CO)CN(C(=O)c2cnc3ccccc3c2)C1. The van der Waals surface area contributed by atoms with Crippen molar-refractivity contribution in [2.45, 2.75) is 6.42 Å². The van der Waals surface area contributed by atoms with Crippen molar-refractivity contribution in [1.29, 1.82) is 0 Å². The number of aromatic nitrogens is 1. The Morgan fingerprint density at radius 1 is 1.33 bits per heavy atom. The molecule has 2 atom stereocenters. The van der Waals surface area contributed by atoms with Gasteiger partial charge in [-0.25, -0.2) is 0 Å². The summed E-state index contributed by atoms with van der Waals surface area (Å²) in [6.07, 6.45) is 2.60. The number of amides is 1. The Bertz CT molecular complexity index is 767. The number of ether oxygens (including phenoxy) is 1. The van der Waals surface area contributed by atoms with Gasteiger partial charge in [-0.1, -0.05) is 18.2 Å². The minimum absolute atomic E-state index is 0.00375. The molecule has 0 aliphatic carbocycles. The summed E-state index contributed by atoms with van der Waals surface area (Å²) >= 11 is 0. The standard InChI is InChI=1S/C21H29N3O3/c1-23(7-8-27-2)12-16-9-17(15-25)14-24(13-16)21(26)19-10-18-5-3-4-6-20(18)22-11-19/h3-6,10-11,16-17,25H,7-9,12-15H2,1-2H3/t16-,17-/m1/s1. The van der Waals surface area contributed by atoms with Gasteiger partial charge in [0.1, 0.15) is 0 Å². The summed E-state index contributed by atoms with van der Waals surface area (Å²) < 4.78 is 5.14. The molecule has 2 heterocycles. The van der Waals surface area contributed by atoms with E-state index in [1.807, 2.05) is 35.2 Å². The second kappa shape index (κ2) is 9.26. The number of likely N-dealkylation sites (N-methyl/N-ethyl adjacent to an activating group) is 1. The lowest BCUT2D eigenvalue weighted by molar-refractivity contribution is 0.0450. The zero-order valence-corrected chi connectivity index (χ0v) is 16.2. The fourth-order valence-electron chi connectivity index (χ4n) is 3.90. The smallest absolute Gasteiger partial charge is 0.255 e. The van der Waals surface area contributed by atoms with Crippen LogP contribution >= 0.6 is 0 Å². The molecule has 6 heteroatoms. The molecule has 6 nitrogen and oxygen atoms in total. The number of carbonyl (C=O) groups is 1. The molecule has 0 unspecified atom stereocenters. The first-order valence-corrected chi connectivity index (χ1v) is 9.53. The van der Waals surface area contributed by atoms with Crippen LogP contribution in [0.3, 0.4) is 0 Å². The molecule has 1 amide bonds. The number of benzene rings is 1. The predicted octanol–water partition coefficient (Wildman–Crippen LogP) is 1.88. The van der Waals surface area contributed by atoms with Crippen LogP contribution < -0.4 is 0 Å². The molecule has 1 saturated heterocycles. The Morgan fingerprint density at radius 2 is 2.11 bits per heavy atom. The van der Waals surface area contributed by atoms with Crippen molar-refractivity contribution in [3.05, 3.63) is 42.1 Å². The number of rotatable bonds is 7. The number of hydrogen-bond donors (Lipinski definition) is 1. The summed E-state index contributed by atoms with van der Waals surface area (Å²) in [5.74, 6) is 0.461. The summed E-state index contributed by atoms with van der Waals surface area (Å²) in [6.45, 7) is 3.86. The molecule has 1 aliphatic rings. The highest BCUT2D eigenvalue weighted by Crippen LogP contribution is 2.24. The van der Waals surface area contributed by atoms with Crippen LogP contribution in [0.5, 0.6) is 0 Å². The van der Waals surface area contributed by atoms with E-state index in [1.165, 1.54) is 0 Å². The summed E-state index contributed by atoms with van der Waals surface area (Å²) in [7, 11) is 3.77. The van der Waals surface area contributed by atoms with Gasteiger partial charge in [0.05, 0.1) is 17.7 Å². The van der Waals surface area contributed by atoms with Gasteiger partial charge in [-0.05, 0) is 37.4 Å². The quantitative estimate of drug-likeness (QED) is 0.805. The van der Waals surface area contributed by atoms with E-state index in [4.69, 9.17) is 4.74 Å². The van der Waals surface area contributed by atoms with E-state index in [1.54, 1.807) is 13.3 Å². The maximum absolute atomic E-state index is 13.1. The summed E-state index contributed by atoms with van der Waals surface area (Å²) in [5, 5.41) is 10.7. The number of pyridine rings is 1. The van der Waals surface area contributed by atoms with Gasteiger partial charge in [0.15, 0.2) is 0 Å². The van der Waals surface area contributed by atoms with Crippen LogP contribution in [-0.4, -0.2) is 79.3 Å². The first kappa shape index (κ1) is 19.7. The Balaban J connectivity index is 1.71. The van der Waals surface area contributed by atoms with Gasteiger partial charge in [0.2, 0.25) is 0 Å². The molecular weight excluding hydrogens is 342 g/mol. The van der Waals surface area contributed by atoms with E-state index >= 15 is 0 Å². The van der Waals surface area contributed by atoms with Crippen molar-refractivity contribution < 1.29 is 14.6 Å². The van der Waals surface area contributed by atoms with E-state index in [0.717, 1.165) is 30.4 Å². The third-order valence-electron chi connectivity index (χ3n) is 5.25. The number of likely N-dealkylation sites (tertiary alicyclic amines) is 1. The van der Waals surface area contributed by atoms with Crippen LogP contribution in [0, 0.1) is 11.8 Å². The average molecular weight is 371 g/mol. The van der Waals surface area contributed by atoms with Crippen LogP contribution in [-0.2, 0) is 4.74 Å². The first-order valence-electron chi connectivity index (χ1n) is 9.53. The molecule has 3 rings (SSSR count). The van der Waals surface area contributed by atoms with Gasteiger partial charge in [-0.15, -0.1) is 0 Å². The third-order valence-corrected chi connectivity index (χ3v) is 5.25. The number of nitrogens with zero attached hydrogens (tertiary/aromatic N) is 3. The van der Waals surface area contributed by atoms with Gasteiger partial charge >= 0.3 is 0 Å². The van der Waals surface area contributed by atoms with E-state index in [0.29, 0.717) is 31.2 Å². The van der Waals surface area contributed by atoms with E-state index in [9.17, 15) is 9.90 Å². The Kier molecular flexibility index (Phi) is 6.77. The summed E-state index contributed by atoms with van der Waals surface area (Å²) in [5.41, 5.74) is 1.50. The predicted molar refractivity (Wildman–Crippen MR) is 106 cm³/mol. The van der Waals surface area contributed by atoms with E-state index in [-0.39, 0.29) is 18.4 Å². The molecule has 146 valence electrons. The van der Waals surface area contributed by atoms with Crippen LogP contribution in [0.1, 0.15) is 16.8 Å². The molecule has 1 fully saturated rings. The largest absolute Gasteiger partial charge is 0.396 e. The van der Waals surface area contributed by atoms with Crippen molar-refractivity contribution in [3.63, 3.8) is 0 Å². The molecule has 27 heavy (non-hydrogen) atoms. The molecule has 1 aliphatic heterocycles. The first-order chi connectivity index (χ1) is 13.1. The molecule has 2 aromatic rings. The number of hydrogen-bond acceptors (Lipinski definition) is 5. The second-order valence-electron chi connectivity index (χ2n) is 7.53.